The van der Waals surface area contributed by atoms with Crippen molar-refractivity contribution in [3.8, 4) is 0 Å². The number of carbonyl (C=O) groups is 3. The molecule has 166 valence electrons. The van der Waals surface area contributed by atoms with E-state index in [2.05, 4.69) is 5.32 Å². The van der Waals surface area contributed by atoms with Crippen LogP contribution in [0.4, 0.5) is 14.4 Å². The maximum Gasteiger partial charge on any atom is 0.407 e. The molecule has 4 amide bonds. The van der Waals surface area contributed by atoms with Crippen LogP contribution >= 0.6 is 11.6 Å². The van der Waals surface area contributed by atoms with Gasteiger partial charge in [0.25, 0.3) is 0 Å². The highest BCUT2D eigenvalue weighted by Crippen LogP contribution is 2.14. The van der Waals surface area contributed by atoms with Crippen LogP contribution in [0.25, 0.3) is 0 Å². The molecule has 2 rings (SSSR count). The van der Waals surface area contributed by atoms with Crippen LogP contribution in [0, 0.1) is 0 Å². The molecule has 1 saturated heterocycles. The van der Waals surface area contributed by atoms with Gasteiger partial charge in [0.05, 0.1) is 0 Å². The highest BCUT2D eigenvalue weighted by molar-refractivity contribution is 6.30. The highest BCUT2D eigenvalue weighted by Gasteiger charge is 2.27. The van der Waals surface area contributed by atoms with E-state index in [1.54, 1.807) is 42.7 Å². The van der Waals surface area contributed by atoms with Crippen molar-refractivity contribution in [3.63, 3.8) is 0 Å². The molecule has 1 aliphatic heterocycles. The lowest BCUT2D eigenvalue weighted by Gasteiger charge is -2.36. The zero-order chi connectivity index (χ0) is 22.3. The lowest BCUT2D eigenvalue weighted by Crippen LogP contribution is -2.54. The number of hydrogen-bond acceptors (Lipinski definition) is 4. The first kappa shape index (κ1) is 23.6. The third-order valence-electron chi connectivity index (χ3n) is 4.43. The predicted molar refractivity (Wildman–Crippen MR) is 113 cm³/mol. The first-order valence-electron chi connectivity index (χ1n) is 9.78. The smallest absolute Gasteiger partial charge is 0.407 e. The van der Waals surface area contributed by atoms with Crippen LogP contribution in [0.5, 0.6) is 0 Å². The van der Waals surface area contributed by atoms with Gasteiger partial charge in [-0.25, -0.2) is 14.4 Å². The van der Waals surface area contributed by atoms with Crippen LogP contribution in [0.3, 0.4) is 0 Å². The minimum atomic E-state index is -0.985. The molecular weight excluding hydrogens is 412 g/mol. The van der Waals surface area contributed by atoms with Gasteiger partial charge in [0.2, 0.25) is 0 Å². The molecule has 1 heterocycles. The third-order valence-corrected chi connectivity index (χ3v) is 4.68. The second-order valence-electron chi connectivity index (χ2n) is 8.02. The Hall–Kier alpha value is -2.68. The summed E-state index contributed by atoms with van der Waals surface area (Å²) in [5.74, 6) is 0. The van der Waals surface area contributed by atoms with Gasteiger partial charge in [-0.1, -0.05) is 23.7 Å². The fraction of sp³-hybridized carbons (Fsp3) is 0.550. The van der Waals surface area contributed by atoms with Gasteiger partial charge >= 0.3 is 18.2 Å². The van der Waals surface area contributed by atoms with Crippen molar-refractivity contribution < 1.29 is 24.2 Å². The zero-order valence-electron chi connectivity index (χ0n) is 17.6. The summed E-state index contributed by atoms with van der Waals surface area (Å²) in [7, 11) is 0. The quantitative estimate of drug-likeness (QED) is 0.732. The summed E-state index contributed by atoms with van der Waals surface area (Å²) in [6.45, 7) is 7.36. The molecule has 30 heavy (non-hydrogen) atoms. The number of ether oxygens (including phenoxy) is 1. The number of nitrogens with one attached hydrogen (secondary N) is 1. The van der Waals surface area contributed by atoms with Gasteiger partial charge in [0.1, 0.15) is 5.60 Å². The van der Waals surface area contributed by atoms with E-state index in [9.17, 15) is 14.4 Å². The molecule has 9 nitrogen and oxygen atoms in total. The van der Waals surface area contributed by atoms with E-state index in [0.717, 1.165) is 5.56 Å². The molecule has 0 unspecified atom stereocenters. The number of nitrogens with zero attached hydrogens (tertiary/aromatic N) is 3. The number of urea groups is 1. The number of piperazine rings is 1. The Balaban J connectivity index is 1.99. The van der Waals surface area contributed by atoms with Gasteiger partial charge in [-0.15, -0.1) is 0 Å². The lowest BCUT2D eigenvalue weighted by molar-refractivity contribution is 0.0520. The van der Waals surface area contributed by atoms with Gasteiger partial charge in [-0.2, -0.15) is 0 Å². The van der Waals surface area contributed by atoms with Crippen LogP contribution in [0.2, 0.25) is 5.02 Å². The number of carbonyl (C=O) groups excluding carboxylic acids is 2. The molecule has 0 aliphatic carbocycles. The van der Waals surface area contributed by atoms with Gasteiger partial charge in [-0.05, 0) is 38.5 Å². The Kier molecular flexibility index (Phi) is 8.16. The Morgan fingerprint density at radius 2 is 1.67 bits per heavy atom. The van der Waals surface area contributed by atoms with Crippen LogP contribution in [-0.4, -0.2) is 82.9 Å². The number of carboxylic acid groups (broad SMARTS) is 1. The van der Waals surface area contributed by atoms with Crippen LogP contribution in [0.1, 0.15) is 26.3 Å². The molecule has 1 aromatic carbocycles. The van der Waals surface area contributed by atoms with Crippen molar-refractivity contribution in [2.45, 2.75) is 32.9 Å². The summed E-state index contributed by atoms with van der Waals surface area (Å²) in [5, 5.41) is 12.4. The summed E-state index contributed by atoms with van der Waals surface area (Å²) in [6.07, 6.45) is -1.53. The molecule has 0 atom stereocenters. The number of rotatable bonds is 5. The molecule has 1 aliphatic rings. The summed E-state index contributed by atoms with van der Waals surface area (Å²) >= 11 is 5.94. The summed E-state index contributed by atoms with van der Waals surface area (Å²) in [4.78, 5) is 40.6. The van der Waals surface area contributed by atoms with E-state index in [1.165, 1.54) is 4.90 Å². The van der Waals surface area contributed by atoms with Crippen molar-refractivity contribution >= 4 is 29.8 Å². The molecule has 0 bridgehead atoms. The first-order valence-corrected chi connectivity index (χ1v) is 10.2. The molecular formula is C20H29ClN4O5. The first-order chi connectivity index (χ1) is 14.0. The van der Waals surface area contributed by atoms with Crippen molar-refractivity contribution in [1.82, 2.24) is 20.0 Å². The Labute approximate surface area is 181 Å². The maximum absolute atomic E-state index is 13.1. The highest BCUT2D eigenvalue weighted by atomic mass is 35.5. The molecule has 0 saturated carbocycles. The summed E-state index contributed by atoms with van der Waals surface area (Å²) in [6, 6.07) is 6.98. The molecule has 0 radical (unpaired) electrons. The van der Waals surface area contributed by atoms with Crippen LogP contribution in [0.15, 0.2) is 24.3 Å². The van der Waals surface area contributed by atoms with Gasteiger partial charge in [0, 0.05) is 50.8 Å². The molecule has 10 heteroatoms. The molecule has 1 fully saturated rings. The Morgan fingerprint density at radius 1 is 1.10 bits per heavy atom. The van der Waals surface area contributed by atoms with Crippen LogP contribution < -0.4 is 5.32 Å². The summed E-state index contributed by atoms with van der Waals surface area (Å²) < 4.78 is 5.22. The lowest BCUT2D eigenvalue weighted by atomic mass is 10.2. The van der Waals surface area contributed by atoms with E-state index in [4.69, 9.17) is 21.4 Å². The van der Waals surface area contributed by atoms with Crippen LogP contribution in [-0.2, 0) is 11.3 Å². The van der Waals surface area contributed by atoms with E-state index in [0.29, 0.717) is 24.7 Å². The van der Waals surface area contributed by atoms with Crippen molar-refractivity contribution in [1.29, 1.82) is 0 Å². The SMILES string of the molecule is CC(C)(C)OC(=O)NCCN(Cc1ccc(Cl)cc1)C(=O)N1CCN(C(=O)O)CC1. The fourth-order valence-electron chi connectivity index (χ4n) is 2.95. The Bertz CT molecular complexity index is 743. The van der Waals surface area contributed by atoms with Crippen molar-refractivity contribution in [2.75, 3.05) is 39.3 Å². The fourth-order valence-corrected chi connectivity index (χ4v) is 3.07. The van der Waals surface area contributed by atoms with Gasteiger partial charge < -0.3 is 29.9 Å². The minimum absolute atomic E-state index is 0.207. The number of benzene rings is 1. The third kappa shape index (κ3) is 7.62. The standard InChI is InChI=1S/C20H29ClN4O5/c1-20(2,3)30-17(26)22-8-9-25(14-15-4-6-16(21)7-5-15)18(27)23-10-12-24(13-11-23)19(28)29/h4-7H,8-14H2,1-3H3,(H,22,26)(H,28,29). The Morgan fingerprint density at radius 3 is 2.20 bits per heavy atom. The largest absolute Gasteiger partial charge is 0.465 e. The van der Waals surface area contributed by atoms with Gasteiger partial charge in [-0.3, -0.25) is 0 Å². The van der Waals surface area contributed by atoms with E-state index < -0.39 is 17.8 Å². The number of hydrogen-bond donors (Lipinski definition) is 2. The number of amides is 4. The van der Waals surface area contributed by atoms with E-state index >= 15 is 0 Å². The van der Waals surface area contributed by atoms with Gasteiger partial charge in [0.15, 0.2) is 0 Å². The minimum Gasteiger partial charge on any atom is -0.465 e. The molecule has 0 spiro atoms. The molecule has 0 aromatic heterocycles. The zero-order valence-corrected chi connectivity index (χ0v) is 18.3. The topological polar surface area (TPSA) is 102 Å². The average molecular weight is 441 g/mol. The number of halogens is 1. The van der Waals surface area contributed by atoms with Crippen molar-refractivity contribution in [3.05, 3.63) is 34.9 Å². The molecule has 1 aromatic rings. The number of alkyl carbamates (subject to hydrolysis) is 1. The predicted octanol–water partition coefficient (Wildman–Crippen LogP) is 3.08. The maximum atomic E-state index is 13.1. The summed E-state index contributed by atoms with van der Waals surface area (Å²) in [5.41, 5.74) is 0.293. The monoisotopic (exact) mass is 440 g/mol. The average Bonchev–Trinajstić information content (AvgIpc) is 2.67. The normalized spacial score (nSPS) is 14.3. The van der Waals surface area contributed by atoms with E-state index in [1.807, 2.05) is 12.1 Å². The molecule has 2 N–H and O–H groups in total. The second-order valence-corrected chi connectivity index (χ2v) is 8.45. The second kappa shape index (κ2) is 10.4. The van der Waals surface area contributed by atoms with Crippen molar-refractivity contribution in [2.24, 2.45) is 0 Å². The van der Waals surface area contributed by atoms with E-state index in [-0.39, 0.29) is 32.2 Å².